The molecule has 1 N–H and O–H groups in total. The predicted molar refractivity (Wildman–Crippen MR) is 74.8 cm³/mol. The molecular weight excluding hydrogens is 248 g/mol. The number of rotatable bonds is 9. The average molecular weight is 272 g/mol. The molecule has 1 heterocycles. The van der Waals surface area contributed by atoms with Gasteiger partial charge >= 0.3 is 0 Å². The lowest BCUT2D eigenvalue weighted by Crippen LogP contribution is -2.21. The third-order valence-corrected chi connectivity index (χ3v) is 3.09. The zero-order chi connectivity index (χ0) is 13.4. The van der Waals surface area contributed by atoms with Gasteiger partial charge in [0, 0.05) is 18.0 Å². The molecule has 0 unspecified atom stereocenters. The monoisotopic (exact) mass is 272 g/mol. The van der Waals surface area contributed by atoms with Gasteiger partial charge in [0.05, 0.1) is 31.6 Å². The summed E-state index contributed by atoms with van der Waals surface area (Å²) < 4.78 is 10.9. The minimum Gasteiger partial charge on any atom is -0.376 e. The van der Waals surface area contributed by atoms with Gasteiger partial charge < -0.3 is 14.8 Å². The van der Waals surface area contributed by atoms with E-state index in [4.69, 9.17) is 9.47 Å². The summed E-state index contributed by atoms with van der Waals surface area (Å²) in [5.74, 6) is 0. The first kappa shape index (κ1) is 15.6. The van der Waals surface area contributed by atoms with E-state index in [1.807, 2.05) is 13.8 Å². The van der Waals surface area contributed by atoms with Crippen LogP contribution in [0.4, 0.5) is 0 Å². The Bertz CT molecular complexity index is 327. The number of thiazole rings is 1. The van der Waals surface area contributed by atoms with Crippen LogP contribution in [0, 0.1) is 0 Å². The van der Waals surface area contributed by atoms with Gasteiger partial charge in [-0.1, -0.05) is 13.8 Å². The lowest BCUT2D eigenvalue weighted by molar-refractivity contribution is 0.0136. The summed E-state index contributed by atoms with van der Waals surface area (Å²) >= 11 is 1.68. The highest BCUT2D eigenvalue weighted by Gasteiger charge is 2.03. The van der Waals surface area contributed by atoms with Gasteiger partial charge in [-0.15, -0.1) is 11.3 Å². The molecule has 0 radical (unpaired) electrons. The van der Waals surface area contributed by atoms with Crippen molar-refractivity contribution in [2.24, 2.45) is 0 Å². The average Bonchev–Trinajstić information content (AvgIpc) is 2.73. The Morgan fingerprint density at radius 3 is 2.72 bits per heavy atom. The zero-order valence-corrected chi connectivity index (χ0v) is 12.5. The molecule has 0 spiro atoms. The van der Waals surface area contributed by atoms with Crippen LogP contribution in [-0.2, 0) is 22.6 Å². The van der Waals surface area contributed by atoms with E-state index in [2.05, 4.69) is 29.5 Å². The van der Waals surface area contributed by atoms with Crippen molar-refractivity contribution >= 4 is 11.3 Å². The molecule has 1 aromatic rings. The first-order valence-electron chi connectivity index (χ1n) is 6.44. The number of hydrogen-bond donors (Lipinski definition) is 1. The molecule has 0 aromatic carbocycles. The van der Waals surface area contributed by atoms with Crippen molar-refractivity contribution in [3.63, 3.8) is 0 Å². The van der Waals surface area contributed by atoms with E-state index in [1.165, 1.54) is 0 Å². The van der Waals surface area contributed by atoms with Crippen LogP contribution >= 0.6 is 11.3 Å². The highest BCUT2D eigenvalue weighted by Crippen LogP contribution is 2.10. The molecule has 104 valence electrons. The smallest absolute Gasteiger partial charge is 0.107 e. The van der Waals surface area contributed by atoms with Crippen LogP contribution in [0.3, 0.4) is 0 Å². The number of hydrogen-bond acceptors (Lipinski definition) is 5. The van der Waals surface area contributed by atoms with Gasteiger partial charge in [-0.25, -0.2) is 4.98 Å². The third-order valence-electron chi connectivity index (χ3n) is 2.19. The summed E-state index contributed by atoms with van der Waals surface area (Å²) in [7, 11) is 0. The van der Waals surface area contributed by atoms with E-state index < -0.39 is 0 Å². The molecule has 0 aliphatic carbocycles. The number of ether oxygens (including phenoxy) is 2. The molecule has 0 amide bonds. The SMILES string of the molecule is CC(C)NCc1nc(COCCOC(C)C)cs1. The summed E-state index contributed by atoms with van der Waals surface area (Å²) in [4.78, 5) is 4.51. The topological polar surface area (TPSA) is 43.4 Å². The van der Waals surface area contributed by atoms with Crippen molar-refractivity contribution in [3.05, 3.63) is 16.1 Å². The zero-order valence-electron chi connectivity index (χ0n) is 11.7. The van der Waals surface area contributed by atoms with E-state index in [9.17, 15) is 0 Å². The van der Waals surface area contributed by atoms with Crippen molar-refractivity contribution in [1.82, 2.24) is 10.3 Å². The Kier molecular flexibility index (Phi) is 7.42. The molecule has 0 aliphatic heterocycles. The number of nitrogens with one attached hydrogen (secondary N) is 1. The van der Waals surface area contributed by atoms with Crippen molar-refractivity contribution in [2.45, 2.75) is 53.0 Å². The van der Waals surface area contributed by atoms with Gasteiger partial charge in [-0.05, 0) is 13.8 Å². The van der Waals surface area contributed by atoms with Crippen LogP contribution in [0.2, 0.25) is 0 Å². The van der Waals surface area contributed by atoms with Crippen LogP contribution in [0.5, 0.6) is 0 Å². The molecular formula is C13H24N2O2S. The molecule has 1 aromatic heterocycles. The second-order valence-corrected chi connectivity index (χ2v) is 5.68. The molecule has 5 heteroatoms. The standard InChI is InChI=1S/C13H24N2O2S/c1-10(2)14-7-13-15-12(9-18-13)8-16-5-6-17-11(3)4/h9-11,14H,5-8H2,1-4H3. The predicted octanol–water partition coefficient (Wildman–Crippen LogP) is 2.58. The fourth-order valence-electron chi connectivity index (χ4n) is 1.31. The fraction of sp³-hybridized carbons (Fsp3) is 0.769. The van der Waals surface area contributed by atoms with Crippen molar-refractivity contribution in [3.8, 4) is 0 Å². The molecule has 18 heavy (non-hydrogen) atoms. The molecule has 0 saturated carbocycles. The summed E-state index contributed by atoms with van der Waals surface area (Å²) in [6.07, 6.45) is 0.265. The molecule has 0 aliphatic rings. The maximum Gasteiger partial charge on any atom is 0.107 e. The Morgan fingerprint density at radius 1 is 1.28 bits per heavy atom. The van der Waals surface area contributed by atoms with Gasteiger partial charge in [0.15, 0.2) is 0 Å². The molecule has 0 atom stereocenters. The normalized spacial score (nSPS) is 11.7. The Balaban J connectivity index is 2.15. The van der Waals surface area contributed by atoms with Gasteiger partial charge in [0.1, 0.15) is 5.01 Å². The van der Waals surface area contributed by atoms with Crippen LogP contribution < -0.4 is 5.32 Å². The maximum atomic E-state index is 5.51. The number of aromatic nitrogens is 1. The molecule has 0 bridgehead atoms. The first-order chi connectivity index (χ1) is 8.58. The van der Waals surface area contributed by atoms with Crippen LogP contribution in [0.15, 0.2) is 5.38 Å². The van der Waals surface area contributed by atoms with Crippen LogP contribution in [0.25, 0.3) is 0 Å². The molecule has 4 nitrogen and oxygen atoms in total. The van der Waals surface area contributed by atoms with E-state index in [1.54, 1.807) is 11.3 Å². The fourth-order valence-corrected chi connectivity index (χ4v) is 2.04. The summed E-state index contributed by atoms with van der Waals surface area (Å²) in [6, 6.07) is 0.488. The Morgan fingerprint density at radius 2 is 2.06 bits per heavy atom. The molecule has 0 saturated heterocycles. The molecule has 0 fully saturated rings. The first-order valence-corrected chi connectivity index (χ1v) is 7.32. The Hall–Kier alpha value is -0.490. The number of nitrogens with zero attached hydrogens (tertiary/aromatic N) is 1. The highest BCUT2D eigenvalue weighted by atomic mass is 32.1. The second-order valence-electron chi connectivity index (χ2n) is 4.74. The highest BCUT2D eigenvalue weighted by molar-refractivity contribution is 7.09. The summed E-state index contributed by atoms with van der Waals surface area (Å²) in [5, 5.41) is 6.52. The van der Waals surface area contributed by atoms with Crippen molar-refractivity contribution in [2.75, 3.05) is 13.2 Å². The van der Waals surface area contributed by atoms with Gasteiger partial charge in [-0.3, -0.25) is 0 Å². The lowest BCUT2D eigenvalue weighted by atomic mass is 10.4. The van der Waals surface area contributed by atoms with Crippen LogP contribution in [0.1, 0.15) is 38.4 Å². The maximum absolute atomic E-state index is 5.51. The third kappa shape index (κ3) is 7.06. The van der Waals surface area contributed by atoms with E-state index in [-0.39, 0.29) is 6.10 Å². The summed E-state index contributed by atoms with van der Waals surface area (Å²) in [6.45, 7) is 11.0. The van der Waals surface area contributed by atoms with E-state index in [0.29, 0.717) is 25.9 Å². The van der Waals surface area contributed by atoms with Crippen molar-refractivity contribution in [1.29, 1.82) is 0 Å². The minimum atomic E-state index is 0.265. The largest absolute Gasteiger partial charge is 0.376 e. The van der Waals surface area contributed by atoms with Gasteiger partial charge in [-0.2, -0.15) is 0 Å². The summed E-state index contributed by atoms with van der Waals surface area (Å²) in [5.41, 5.74) is 1.00. The Labute approximate surface area is 114 Å². The lowest BCUT2D eigenvalue weighted by Gasteiger charge is -2.07. The minimum absolute atomic E-state index is 0.265. The van der Waals surface area contributed by atoms with Gasteiger partial charge in [0.25, 0.3) is 0 Å². The second kappa shape index (κ2) is 8.58. The van der Waals surface area contributed by atoms with Crippen LogP contribution in [-0.4, -0.2) is 30.3 Å². The van der Waals surface area contributed by atoms with Gasteiger partial charge in [0.2, 0.25) is 0 Å². The van der Waals surface area contributed by atoms with Crippen molar-refractivity contribution < 1.29 is 9.47 Å². The quantitative estimate of drug-likeness (QED) is 0.702. The molecule has 1 rings (SSSR count). The van der Waals surface area contributed by atoms with E-state index in [0.717, 1.165) is 17.2 Å². The van der Waals surface area contributed by atoms with E-state index >= 15 is 0 Å².